The summed E-state index contributed by atoms with van der Waals surface area (Å²) in [5.74, 6) is -0.414. The van der Waals surface area contributed by atoms with Gasteiger partial charge >= 0.3 is 0 Å². The fraction of sp³-hybridized carbons (Fsp3) is 0.462. The number of sulfonamides is 1. The molecule has 0 amide bonds. The Bertz CT molecular complexity index is 632. The van der Waals surface area contributed by atoms with Crippen LogP contribution in [0.2, 0.25) is 0 Å². The zero-order chi connectivity index (χ0) is 14.8. The van der Waals surface area contributed by atoms with Gasteiger partial charge in [0.2, 0.25) is 10.0 Å². The predicted molar refractivity (Wildman–Crippen MR) is 71.9 cm³/mol. The van der Waals surface area contributed by atoms with E-state index in [9.17, 15) is 12.8 Å². The molecule has 0 aliphatic carbocycles. The smallest absolute Gasteiger partial charge is 0.243 e. The van der Waals surface area contributed by atoms with Crippen molar-refractivity contribution in [1.82, 2.24) is 9.21 Å². The average molecular weight is 297 g/mol. The van der Waals surface area contributed by atoms with Crippen LogP contribution in [0.15, 0.2) is 23.1 Å². The molecule has 0 spiro atoms. The summed E-state index contributed by atoms with van der Waals surface area (Å²) in [5.41, 5.74) is 0.314. The molecule has 1 fully saturated rings. The molecular weight excluding hydrogens is 281 g/mol. The Kier molecular flexibility index (Phi) is 4.38. The summed E-state index contributed by atoms with van der Waals surface area (Å²) in [6.07, 6.45) is 0. The number of hydrogen-bond acceptors (Lipinski definition) is 4. The fourth-order valence-electron chi connectivity index (χ4n) is 2.15. The average Bonchev–Trinajstić information content (AvgIpc) is 2.43. The van der Waals surface area contributed by atoms with Gasteiger partial charge in [0, 0.05) is 26.2 Å². The Hall–Kier alpha value is -1.49. The number of piperazine rings is 1. The third kappa shape index (κ3) is 2.98. The van der Waals surface area contributed by atoms with Crippen molar-refractivity contribution < 1.29 is 12.8 Å². The minimum atomic E-state index is -3.58. The molecule has 0 bridgehead atoms. The van der Waals surface area contributed by atoms with E-state index in [1.54, 1.807) is 6.92 Å². The highest BCUT2D eigenvalue weighted by atomic mass is 32.2. The van der Waals surface area contributed by atoms with Gasteiger partial charge in [-0.1, -0.05) is 0 Å². The predicted octanol–water partition coefficient (Wildman–Crippen LogP) is 0.964. The second-order valence-corrected chi connectivity index (χ2v) is 6.69. The first-order chi connectivity index (χ1) is 9.45. The third-order valence-electron chi connectivity index (χ3n) is 3.39. The fourth-order valence-corrected chi connectivity index (χ4v) is 3.66. The molecular formula is C13H16FN3O2S. The van der Waals surface area contributed by atoms with E-state index in [-0.39, 0.29) is 4.90 Å². The zero-order valence-electron chi connectivity index (χ0n) is 11.2. The second-order valence-electron chi connectivity index (χ2n) is 4.75. The van der Waals surface area contributed by atoms with Crippen LogP contribution in [0.5, 0.6) is 0 Å². The standard InChI is InChI=1S/C13H16FN3O2S/c1-11-10-12(2-3-13(11)14)20(18,19)17-8-6-16(5-4-15)7-9-17/h2-3,10H,5-9H2,1H3. The Morgan fingerprint density at radius 3 is 2.50 bits per heavy atom. The number of hydrogen-bond donors (Lipinski definition) is 0. The number of nitriles is 1. The molecule has 1 aromatic carbocycles. The van der Waals surface area contributed by atoms with Crippen LogP contribution in [0.25, 0.3) is 0 Å². The van der Waals surface area contributed by atoms with Crippen LogP contribution in [0.4, 0.5) is 4.39 Å². The lowest BCUT2D eigenvalue weighted by molar-refractivity contribution is 0.206. The van der Waals surface area contributed by atoms with Crippen molar-refractivity contribution in [3.05, 3.63) is 29.6 Å². The van der Waals surface area contributed by atoms with Gasteiger partial charge in [0.05, 0.1) is 17.5 Å². The number of benzene rings is 1. The number of nitrogens with zero attached hydrogens (tertiary/aromatic N) is 3. The normalized spacial score (nSPS) is 17.9. The Balaban J connectivity index is 2.16. The van der Waals surface area contributed by atoms with E-state index in [0.717, 1.165) is 0 Å². The van der Waals surface area contributed by atoms with E-state index in [0.29, 0.717) is 38.3 Å². The first-order valence-electron chi connectivity index (χ1n) is 6.31. The van der Waals surface area contributed by atoms with Crippen LogP contribution in [0.1, 0.15) is 5.56 Å². The number of halogens is 1. The van der Waals surface area contributed by atoms with E-state index in [1.807, 2.05) is 4.90 Å². The van der Waals surface area contributed by atoms with Crippen molar-refractivity contribution in [2.75, 3.05) is 32.7 Å². The maximum Gasteiger partial charge on any atom is 0.243 e. The van der Waals surface area contributed by atoms with Gasteiger partial charge in [-0.15, -0.1) is 0 Å². The Morgan fingerprint density at radius 2 is 1.95 bits per heavy atom. The molecule has 0 unspecified atom stereocenters. The van der Waals surface area contributed by atoms with E-state index in [2.05, 4.69) is 6.07 Å². The van der Waals surface area contributed by atoms with Gasteiger partial charge in [0.25, 0.3) is 0 Å². The van der Waals surface area contributed by atoms with Crippen LogP contribution in [0, 0.1) is 24.1 Å². The van der Waals surface area contributed by atoms with E-state index < -0.39 is 15.8 Å². The summed E-state index contributed by atoms with van der Waals surface area (Å²) in [5, 5.41) is 8.62. The second kappa shape index (κ2) is 5.87. The van der Waals surface area contributed by atoms with Gasteiger partial charge in [0.1, 0.15) is 5.82 Å². The van der Waals surface area contributed by atoms with Crippen molar-refractivity contribution in [2.45, 2.75) is 11.8 Å². The van der Waals surface area contributed by atoms with E-state index in [4.69, 9.17) is 5.26 Å². The molecule has 7 heteroatoms. The molecule has 108 valence electrons. The molecule has 20 heavy (non-hydrogen) atoms. The summed E-state index contributed by atoms with van der Waals surface area (Å²) < 4.78 is 39.5. The molecule has 0 aromatic heterocycles. The number of rotatable bonds is 3. The molecule has 1 heterocycles. The molecule has 2 rings (SSSR count). The first-order valence-corrected chi connectivity index (χ1v) is 7.75. The van der Waals surface area contributed by atoms with Crippen molar-refractivity contribution in [3.63, 3.8) is 0 Å². The highest BCUT2D eigenvalue weighted by Gasteiger charge is 2.28. The van der Waals surface area contributed by atoms with Gasteiger partial charge in [-0.3, -0.25) is 4.90 Å². The first kappa shape index (κ1) is 14.9. The molecule has 1 aromatic rings. The maximum atomic E-state index is 13.2. The number of aryl methyl sites for hydroxylation is 1. The molecule has 1 saturated heterocycles. The summed E-state index contributed by atoms with van der Waals surface area (Å²) in [4.78, 5) is 2.02. The highest BCUT2D eigenvalue weighted by Crippen LogP contribution is 2.20. The molecule has 5 nitrogen and oxygen atoms in total. The largest absolute Gasteiger partial charge is 0.288 e. The molecule has 0 atom stereocenters. The minimum Gasteiger partial charge on any atom is -0.288 e. The summed E-state index contributed by atoms with van der Waals surface area (Å²) in [6.45, 7) is 3.61. The summed E-state index contributed by atoms with van der Waals surface area (Å²) in [6, 6.07) is 5.87. The molecule has 1 aliphatic heterocycles. The van der Waals surface area contributed by atoms with Crippen molar-refractivity contribution in [3.8, 4) is 6.07 Å². The van der Waals surface area contributed by atoms with E-state index >= 15 is 0 Å². The van der Waals surface area contributed by atoms with Gasteiger partial charge in [-0.05, 0) is 30.7 Å². The lowest BCUT2D eigenvalue weighted by atomic mass is 10.2. The SMILES string of the molecule is Cc1cc(S(=O)(=O)N2CCN(CC#N)CC2)ccc1F. The quantitative estimate of drug-likeness (QED) is 0.780. The lowest BCUT2D eigenvalue weighted by Crippen LogP contribution is -2.48. The molecule has 0 radical (unpaired) electrons. The molecule has 1 aliphatic rings. The highest BCUT2D eigenvalue weighted by molar-refractivity contribution is 7.89. The van der Waals surface area contributed by atoms with E-state index in [1.165, 1.54) is 22.5 Å². The van der Waals surface area contributed by atoms with Crippen LogP contribution < -0.4 is 0 Å². The Morgan fingerprint density at radius 1 is 1.30 bits per heavy atom. The van der Waals surface area contributed by atoms with Crippen molar-refractivity contribution in [2.24, 2.45) is 0 Å². The van der Waals surface area contributed by atoms with Crippen LogP contribution in [-0.2, 0) is 10.0 Å². The summed E-state index contributed by atoms with van der Waals surface area (Å²) in [7, 11) is -3.58. The van der Waals surface area contributed by atoms with Gasteiger partial charge < -0.3 is 0 Å². The van der Waals surface area contributed by atoms with Crippen molar-refractivity contribution >= 4 is 10.0 Å². The van der Waals surface area contributed by atoms with Crippen LogP contribution in [-0.4, -0.2) is 50.3 Å². The topological polar surface area (TPSA) is 64.4 Å². The monoisotopic (exact) mass is 297 g/mol. The lowest BCUT2D eigenvalue weighted by Gasteiger charge is -2.32. The van der Waals surface area contributed by atoms with Gasteiger partial charge in [-0.25, -0.2) is 12.8 Å². The zero-order valence-corrected chi connectivity index (χ0v) is 12.0. The van der Waals surface area contributed by atoms with Crippen molar-refractivity contribution in [1.29, 1.82) is 5.26 Å². The van der Waals surface area contributed by atoms with Gasteiger partial charge in [-0.2, -0.15) is 9.57 Å². The molecule has 0 N–H and O–H groups in total. The summed E-state index contributed by atoms with van der Waals surface area (Å²) >= 11 is 0. The maximum absolute atomic E-state index is 13.2. The molecule has 0 saturated carbocycles. The van der Waals surface area contributed by atoms with Crippen LogP contribution in [0.3, 0.4) is 0 Å². The van der Waals surface area contributed by atoms with Gasteiger partial charge in [0.15, 0.2) is 0 Å². The van der Waals surface area contributed by atoms with Crippen LogP contribution >= 0.6 is 0 Å². The minimum absolute atomic E-state index is 0.116. The third-order valence-corrected chi connectivity index (χ3v) is 5.29. The Labute approximate surface area is 118 Å².